The predicted octanol–water partition coefficient (Wildman–Crippen LogP) is 1.85. The zero-order valence-electron chi connectivity index (χ0n) is 18.2. The van der Waals surface area contributed by atoms with E-state index in [4.69, 9.17) is 17.0 Å². The molecule has 0 spiro atoms. The van der Waals surface area contributed by atoms with Gasteiger partial charge in [0.25, 0.3) is 10.2 Å². The minimum absolute atomic E-state index is 0.0928. The molecule has 1 aromatic carbocycles. The first-order valence-corrected chi connectivity index (χ1v) is 12.4. The van der Waals surface area contributed by atoms with Crippen molar-refractivity contribution in [2.45, 2.75) is 39.6 Å². The molecule has 2 aliphatic rings. The van der Waals surface area contributed by atoms with E-state index in [1.165, 1.54) is 5.56 Å². The molecule has 3 heterocycles. The number of aromatic amines is 1. The van der Waals surface area contributed by atoms with E-state index < -0.39 is 10.2 Å². The maximum absolute atomic E-state index is 13.1. The number of piperazine rings is 1. The van der Waals surface area contributed by atoms with Crippen LogP contribution in [0.15, 0.2) is 24.3 Å². The minimum Gasteiger partial charge on any atom is -0.373 e. The highest BCUT2D eigenvalue weighted by Crippen LogP contribution is 2.20. The van der Waals surface area contributed by atoms with E-state index in [0.717, 1.165) is 11.4 Å². The third kappa shape index (κ3) is 5.07. The van der Waals surface area contributed by atoms with Gasteiger partial charge >= 0.3 is 0 Å². The Labute approximate surface area is 188 Å². The maximum atomic E-state index is 13.1. The van der Waals surface area contributed by atoms with Gasteiger partial charge in [-0.15, -0.1) is 0 Å². The largest absolute Gasteiger partial charge is 0.373 e. The number of hydrogen-bond acceptors (Lipinski definition) is 6. The van der Waals surface area contributed by atoms with Gasteiger partial charge in [-0.05, 0) is 33.0 Å². The van der Waals surface area contributed by atoms with Crippen molar-refractivity contribution in [1.29, 1.82) is 0 Å². The topological polar surface area (TPSA) is 86.7 Å². The number of morpholine rings is 1. The Balaban J connectivity index is 1.37. The SMILES string of the molecule is Cc1ccc(-c2nc(=S)n(CN3CCN(S(=O)(=O)N4C[C@H](C)O[C@@H](C)C4)CC3)[nH]2)cc1. The van der Waals surface area contributed by atoms with E-state index >= 15 is 0 Å². The van der Waals surface area contributed by atoms with Gasteiger partial charge in [0.05, 0.1) is 18.9 Å². The highest BCUT2D eigenvalue weighted by Gasteiger charge is 2.36. The zero-order chi connectivity index (χ0) is 22.2. The van der Waals surface area contributed by atoms with Crippen molar-refractivity contribution < 1.29 is 13.2 Å². The number of ether oxygens (including phenoxy) is 1. The molecule has 2 saturated heterocycles. The second kappa shape index (κ2) is 9.08. The Morgan fingerprint density at radius 2 is 1.68 bits per heavy atom. The lowest BCUT2D eigenvalue weighted by atomic mass is 10.1. The van der Waals surface area contributed by atoms with Crippen LogP contribution < -0.4 is 0 Å². The van der Waals surface area contributed by atoms with Gasteiger partial charge in [0.2, 0.25) is 4.77 Å². The average molecular weight is 467 g/mol. The first-order chi connectivity index (χ1) is 14.7. The number of aryl methyl sites for hydroxylation is 1. The molecule has 2 fully saturated rings. The normalized spacial score (nSPS) is 24.5. The second-order valence-corrected chi connectivity index (χ2v) is 10.7. The molecule has 0 aliphatic carbocycles. The van der Waals surface area contributed by atoms with Crippen molar-refractivity contribution in [3.63, 3.8) is 0 Å². The third-order valence-electron chi connectivity index (χ3n) is 5.72. The highest BCUT2D eigenvalue weighted by molar-refractivity contribution is 7.86. The molecule has 4 rings (SSSR count). The van der Waals surface area contributed by atoms with Crippen molar-refractivity contribution in [3.05, 3.63) is 34.6 Å². The molecule has 1 aromatic heterocycles. The van der Waals surface area contributed by atoms with Gasteiger partial charge in [-0.1, -0.05) is 29.8 Å². The predicted molar refractivity (Wildman–Crippen MR) is 121 cm³/mol. The fourth-order valence-electron chi connectivity index (χ4n) is 4.08. The van der Waals surface area contributed by atoms with E-state index in [1.807, 2.05) is 49.7 Å². The molecule has 31 heavy (non-hydrogen) atoms. The quantitative estimate of drug-likeness (QED) is 0.677. The smallest absolute Gasteiger partial charge is 0.282 e. The van der Waals surface area contributed by atoms with Crippen LogP contribution in [0.5, 0.6) is 0 Å². The first-order valence-electron chi connectivity index (χ1n) is 10.6. The van der Waals surface area contributed by atoms with Crippen molar-refractivity contribution in [1.82, 2.24) is 28.3 Å². The summed E-state index contributed by atoms with van der Waals surface area (Å²) >= 11 is 5.43. The highest BCUT2D eigenvalue weighted by atomic mass is 32.2. The van der Waals surface area contributed by atoms with Crippen molar-refractivity contribution >= 4 is 22.4 Å². The van der Waals surface area contributed by atoms with E-state index in [1.54, 1.807) is 8.61 Å². The molecular formula is C20H30N6O3S2. The molecule has 0 unspecified atom stereocenters. The standard InChI is InChI=1S/C20H30N6O3S2/c1-15-4-6-18(7-5-15)19-21-20(30)26(22-19)14-23-8-10-24(11-9-23)31(27,28)25-12-16(2)29-17(3)13-25/h4-7,16-17H,8-14H2,1-3H3,(H,21,22,30)/t16-,17-/m0/s1. The zero-order valence-corrected chi connectivity index (χ0v) is 19.8. The molecular weight excluding hydrogens is 436 g/mol. The number of hydrogen-bond donors (Lipinski definition) is 1. The summed E-state index contributed by atoms with van der Waals surface area (Å²) in [5.74, 6) is 0.738. The van der Waals surface area contributed by atoms with Crippen LogP contribution in [0.25, 0.3) is 11.4 Å². The Hall–Kier alpha value is -1.63. The Bertz CT molecular complexity index is 1050. The number of rotatable bonds is 5. The summed E-state index contributed by atoms with van der Waals surface area (Å²) in [5.41, 5.74) is 2.18. The molecule has 2 aliphatic heterocycles. The lowest BCUT2D eigenvalue weighted by molar-refractivity contribution is -0.0458. The van der Waals surface area contributed by atoms with Gasteiger partial charge in [0, 0.05) is 44.8 Å². The maximum Gasteiger partial charge on any atom is 0.282 e. The molecule has 0 radical (unpaired) electrons. The summed E-state index contributed by atoms with van der Waals surface area (Å²) in [7, 11) is -3.48. The van der Waals surface area contributed by atoms with Gasteiger partial charge in [-0.25, -0.2) is 4.68 Å². The molecule has 11 heteroatoms. The molecule has 0 saturated carbocycles. The molecule has 1 N–H and O–H groups in total. The summed E-state index contributed by atoms with van der Waals surface area (Å²) in [5, 5.41) is 3.27. The van der Waals surface area contributed by atoms with Crippen LogP contribution in [0.1, 0.15) is 19.4 Å². The first kappa shape index (κ1) is 22.6. The van der Waals surface area contributed by atoms with Crippen LogP contribution in [0.3, 0.4) is 0 Å². The van der Waals surface area contributed by atoms with Crippen molar-refractivity contribution in [2.75, 3.05) is 39.3 Å². The van der Waals surface area contributed by atoms with Crippen LogP contribution in [-0.4, -0.2) is 88.2 Å². The number of aromatic nitrogens is 3. The van der Waals surface area contributed by atoms with Gasteiger partial charge in [0.15, 0.2) is 5.82 Å². The Morgan fingerprint density at radius 1 is 1.06 bits per heavy atom. The van der Waals surface area contributed by atoms with Gasteiger partial charge in [0.1, 0.15) is 0 Å². The summed E-state index contributed by atoms with van der Waals surface area (Å²) in [6, 6.07) is 8.12. The van der Waals surface area contributed by atoms with Crippen molar-refractivity contribution in [3.8, 4) is 11.4 Å². The fourth-order valence-corrected chi connectivity index (χ4v) is 6.02. The number of nitrogens with zero attached hydrogens (tertiary/aromatic N) is 5. The fraction of sp³-hybridized carbons (Fsp3) is 0.600. The number of nitrogens with one attached hydrogen (secondary N) is 1. The van der Waals surface area contributed by atoms with Gasteiger partial charge in [-0.2, -0.15) is 22.0 Å². The number of benzene rings is 1. The van der Waals surface area contributed by atoms with Gasteiger partial charge in [-0.3, -0.25) is 10.00 Å². The summed E-state index contributed by atoms with van der Waals surface area (Å²) in [6.45, 7) is 9.40. The van der Waals surface area contributed by atoms with Crippen molar-refractivity contribution in [2.24, 2.45) is 0 Å². The molecule has 2 aromatic rings. The van der Waals surface area contributed by atoms with E-state index in [9.17, 15) is 8.42 Å². The molecule has 2 atom stereocenters. The lowest BCUT2D eigenvalue weighted by Crippen LogP contribution is -2.57. The van der Waals surface area contributed by atoms with E-state index in [0.29, 0.717) is 50.7 Å². The van der Waals surface area contributed by atoms with Crippen LogP contribution >= 0.6 is 12.2 Å². The average Bonchev–Trinajstić information content (AvgIpc) is 3.08. The van der Waals surface area contributed by atoms with Crippen LogP contribution in [0, 0.1) is 11.7 Å². The Morgan fingerprint density at radius 3 is 2.29 bits per heavy atom. The van der Waals surface area contributed by atoms with E-state index in [2.05, 4.69) is 15.0 Å². The monoisotopic (exact) mass is 466 g/mol. The van der Waals surface area contributed by atoms with Gasteiger partial charge < -0.3 is 4.74 Å². The Kier molecular flexibility index (Phi) is 6.61. The third-order valence-corrected chi connectivity index (χ3v) is 8.00. The summed E-state index contributed by atoms with van der Waals surface area (Å²) < 4.78 is 37.3. The molecule has 9 nitrogen and oxygen atoms in total. The molecule has 0 bridgehead atoms. The van der Waals surface area contributed by atoms with Crippen LogP contribution in [-0.2, 0) is 21.6 Å². The second-order valence-electron chi connectivity index (χ2n) is 8.39. The minimum atomic E-state index is -3.48. The van der Waals surface area contributed by atoms with Crippen LogP contribution in [0.2, 0.25) is 0 Å². The van der Waals surface area contributed by atoms with Crippen LogP contribution in [0.4, 0.5) is 0 Å². The molecule has 170 valence electrons. The number of H-pyrrole nitrogens is 1. The molecule has 0 amide bonds. The summed E-state index contributed by atoms with van der Waals surface area (Å²) in [6.07, 6.45) is -0.186. The summed E-state index contributed by atoms with van der Waals surface area (Å²) in [4.78, 5) is 6.66. The van der Waals surface area contributed by atoms with E-state index in [-0.39, 0.29) is 12.2 Å². The lowest BCUT2D eigenvalue weighted by Gasteiger charge is -2.40.